The number of amides is 1. The number of rotatable bonds is 5. The molecule has 0 atom stereocenters. The first-order valence-corrected chi connectivity index (χ1v) is 10.1. The van der Waals surface area contributed by atoms with Gasteiger partial charge in [-0.05, 0) is 44.7 Å². The summed E-state index contributed by atoms with van der Waals surface area (Å²) in [6, 6.07) is 4.86. The Morgan fingerprint density at radius 1 is 1.37 bits per heavy atom. The number of nitrogens with zero attached hydrogens (tertiary/aromatic N) is 2. The molecule has 1 amide bonds. The first-order valence-electron chi connectivity index (χ1n) is 8.37. The number of hydrogen-bond donors (Lipinski definition) is 2. The predicted molar refractivity (Wildman–Crippen MR) is 109 cm³/mol. The Kier molecular flexibility index (Phi) is 7.60. The van der Waals surface area contributed by atoms with Crippen LogP contribution in [0.1, 0.15) is 41.7 Å². The number of hydrogen-bond acceptors (Lipinski definition) is 7. The summed E-state index contributed by atoms with van der Waals surface area (Å²) in [5, 5.41) is 16.3. The van der Waals surface area contributed by atoms with Gasteiger partial charge in [0.05, 0.1) is 9.82 Å². The molecule has 3 rings (SSSR count). The quantitative estimate of drug-likeness (QED) is 0.551. The van der Waals surface area contributed by atoms with Gasteiger partial charge < -0.3 is 11.1 Å². The van der Waals surface area contributed by atoms with Crippen LogP contribution in [0, 0.1) is 17.0 Å². The van der Waals surface area contributed by atoms with Gasteiger partial charge in [-0.25, -0.2) is 4.98 Å². The molecule has 1 fully saturated rings. The molecule has 1 saturated carbocycles. The molecule has 0 bridgehead atoms. The molecule has 1 aromatic heterocycles. The van der Waals surface area contributed by atoms with E-state index in [0.29, 0.717) is 10.5 Å². The van der Waals surface area contributed by atoms with Crippen molar-refractivity contribution in [3.63, 3.8) is 0 Å². The maximum Gasteiger partial charge on any atom is 0.284 e. The number of aryl methyl sites for hydroxylation is 1. The average Bonchev–Trinajstić information content (AvgIpc) is 3.02. The van der Waals surface area contributed by atoms with Crippen molar-refractivity contribution in [1.82, 2.24) is 10.3 Å². The predicted octanol–water partition coefficient (Wildman–Crippen LogP) is 3.93. The number of carbonyl (C=O) groups excluding carboxylic acids is 1. The third kappa shape index (κ3) is 5.65. The van der Waals surface area contributed by atoms with Crippen LogP contribution in [0.4, 0.5) is 5.69 Å². The first kappa shape index (κ1) is 21.6. The second-order valence-corrected chi connectivity index (χ2v) is 8.53. The molecule has 0 aliphatic heterocycles. The van der Waals surface area contributed by atoms with Crippen LogP contribution in [0.5, 0.6) is 0 Å². The van der Waals surface area contributed by atoms with Crippen molar-refractivity contribution in [2.45, 2.75) is 53.9 Å². The van der Waals surface area contributed by atoms with Gasteiger partial charge in [0.15, 0.2) is 4.34 Å². The van der Waals surface area contributed by atoms with Gasteiger partial charge in [-0.3, -0.25) is 14.9 Å². The standard InChI is InChI=1S/C17H20N4O3S2.ClH/c1-10-9-25-17(19-10)26-15-7-2-11(8-14(15)21(23)24)16(22)20-13-5-3-12(18)4-6-13;/h2,7-9,12-13H,3-6,18H2,1H3,(H,20,22);1H. The van der Waals surface area contributed by atoms with Gasteiger partial charge >= 0.3 is 0 Å². The number of halogens is 1. The van der Waals surface area contributed by atoms with Crippen molar-refractivity contribution in [3.8, 4) is 0 Å². The van der Waals surface area contributed by atoms with Crippen molar-refractivity contribution < 1.29 is 9.72 Å². The molecule has 1 aliphatic rings. The lowest BCUT2D eigenvalue weighted by Crippen LogP contribution is -2.40. The lowest BCUT2D eigenvalue weighted by molar-refractivity contribution is -0.387. The average molecular weight is 429 g/mol. The van der Waals surface area contributed by atoms with Gasteiger partial charge in [-0.2, -0.15) is 0 Å². The van der Waals surface area contributed by atoms with E-state index in [1.807, 2.05) is 12.3 Å². The molecule has 1 aliphatic carbocycles. The Labute approximate surface area is 171 Å². The van der Waals surface area contributed by atoms with E-state index < -0.39 is 4.92 Å². The summed E-state index contributed by atoms with van der Waals surface area (Å²) < 4.78 is 0.737. The molecule has 0 unspecified atom stereocenters. The molecular formula is C17H21ClN4O3S2. The third-order valence-corrected chi connectivity index (χ3v) is 6.44. The molecule has 10 heteroatoms. The van der Waals surface area contributed by atoms with Crippen molar-refractivity contribution >= 4 is 47.1 Å². The smallest absolute Gasteiger partial charge is 0.284 e. The van der Waals surface area contributed by atoms with E-state index in [1.54, 1.807) is 12.1 Å². The van der Waals surface area contributed by atoms with Gasteiger partial charge in [0, 0.05) is 34.8 Å². The van der Waals surface area contributed by atoms with Gasteiger partial charge in [0.2, 0.25) is 0 Å². The van der Waals surface area contributed by atoms with Crippen LogP contribution < -0.4 is 11.1 Å². The zero-order valence-electron chi connectivity index (χ0n) is 14.7. The van der Waals surface area contributed by atoms with Crippen LogP contribution >= 0.6 is 35.5 Å². The third-order valence-electron chi connectivity index (χ3n) is 4.32. The van der Waals surface area contributed by atoms with Crippen molar-refractivity contribution in [2.24, 2.45) is 5.73 Å². The highest BCUT2D eigenvalue weighted by Crippen LogP contribution is 2.36. The Hall–Kier alpha value is -1.68. The van der Waals surface area contributed by atoms with Gasteiger partial charge in [0.1, 0.15) is 0 Å². The second-order valence-electron chi connectivity index (χ2n) is 6.38. The Morgan fingerprint density at radius 3 is 2.67 bits per heavy atom. The van der Waals surface area contributed by atoms with E-state index in [-0.39, 0.29) is 36.1 Å². The molecule has 146 valence electrons. The van der Waals surface area contributed by atoms with Gasteiger partial charge in [-0.1, -0.05) is 11.8 Å². The number of benzene rings is 1. The summed E-state index contributed by atoms with van der Waals surface area (Å²) in [5.74, 6) is -0.282. The van der Waals surface area contributed by atoms with Crippen molar-refractivity contribution in [1.29, 1.82) is 0 Å². The van der Waals surface area contributed by atoms with Crippen molar-refractivity contribution in [3.05, 3.63) is 45.0 Å². The number of nitro groups is 1. The highest BCUT2D eigenvalue weighted by Gasteiger charge is 2.23. The highest BCUT2D eigenvalue weighted by atomic mass is 35.5. The normalized spacial score (nSPS) is 19.2. The van der Waals surface area contributed by atoms with Crippen LogP contribution in [0.25, 0.3) is 0 Å². The van der Waals surface area contributed by atoms with Crippen molar-refractivity contribution in [2.75, 3.05) is 0 Å². The van der Waals surface area contributed by atoms with Crippen LogP contribution in [-0.4, -0.2) is 27.9 Å². The Bertz CT molecular complexity index is 822. The lowest BCUT2D eigenvalue weighted by Gasteiger charge is -2.26. The fourth-order valence-electron chi connectivity index (χ4n) is 2.89. The summed E-state index contributed by atoms with van der Waals surface area (Å²) in [4.78, 5) is 28.2. The second kappa shape index (κ2) is 9.50. The SMILES string of the molecule is Cc1csc(Sc2ccc(C(=O)NC3CCC(N)CC3)cc2[N+](=O)[O-])n1.Cl. The summed E-state index contributed by atoms with van der Waals surface area (Å²) in [6.07, 6.45) is 3.44. The molecule has 3 N–H and O–H groups in total. The summed E-state index contributed by atoms with van der Waals surface area (Å²) in [6.45, 7) is 1.88. The molecule has 1 heterocycles. The fourth-order valence-corrected chi connectivity index (χ4v) is 4.77. The monoisotopic (exact) mass is 428 g/mol. The van der Waals surface area contributed by atoms with E-state index in [1.165, 1.54) is 29.2 Å². The van der Waals surface area contributed by atoms with Gasteiger partial charge in [-0.15, -0.1) is 23.7 Å². The Morgan fingerprint density at radius 2 is 2.07 bits per heavy atom. The van der Waals surface area contributed by atoms with Crippen LogP contribution in [0.2, 0.25) is 0 Å². The molecule has 2 aromatic rings. The van der Waals surface area contributed by atoms with Gasteiger partial charge in [0.25, 0.3) is 11.6 Å². The Balaban J connectivity index is 0.00000261. The zero-order chi connectivity index (χ0) is 18.7. The van der Waals surface area contributed by atoms with E-state index in [9.17, 15) is 14.9 Å². The summed E-state index contributed by atoms with van der Waals surface area (Å²) in [7, 11) is 0. The lowest BCUT2D eigenvalue weighted by atomic mass is 9.91. The van der Waals surface area contributed by atoms with Crippen LogP contribution in [0.3, 0.4) is 0 Å². The summed E-state index contributed by atoms with van der Waals surface area (Å²) in [5.41, 5.74) is 6.97. The number of nitro benzene ring substituents is 1. The molecule has 0 spiro atoms. The number of nitrogens with two attached hydrogens (primary N) is 1. The number of aromatic nitrogens is 1. The molecule has 7 nitrogen and oxygen atoms in total. The number of carbonyl (C=O) groups is 1. The topological polar surface area (TPSA) is 111 Å². The first-order chi connectivity index (χ1) is 12.4. The van der Waals surface area contributed by atoms with E-state index in [0.717, 1.165) is 35.7 Å². The zero-order valence-corrected chi connectivity index (χ0v) is 17.2. The number of thiazole rings is 1. The van der Waals surface area contributed by atoms with E-state index in [2.05, 4.69) is 10.3 Å². The highest BCUT2D eigenvalue weighted by molar-refractivity contribution is 8.01. The maximum absolute atomic E-state index is 12.5. The molecule has 0 radical (unpaired) electrons. The number of nitrogens with one attached hydrogen (secondary N) is 1. The minimum atomic E-state index is -0.459. The van der Waals surface area contributed by atoms with Crippen LogP contribution in [0.15, 0.2) is 32.8 Å². The molecule has 0 saturated heterocycles. The van der Waals surface area contributed by atoms with E-state index >= 15 is 0 Å². The fraction of sp³-hybridized carbons (Fsp3) is 0.412. The minimum absolute atomic E-state index is 0. The molecular weight excluding hydrogens is 408 g/mol. The summed E-state index contributed by atoms with van der Waals surface area (Å²) >= 11 is 2.68. The van der Waals surface area contributed by atoms with E-state index in [4.69, 9.17) is 5.73 Å². The molecule has 1 aromatic carbocycles. The minimum Gasteiger partial charge on any atom is -0.349 e. The largest absolute Gasteiger partial charge is 0.349 e. The molecule has 27 heavy (non-hydrogen) atoms. The van der Waals surface area contributed by atoms with Crippen LogP contribution in [-0.2, 0) is 0 Å². The maximum atomic E-state index is 12.5.